The molecule has 1 aliphatic heterocycles. The molecule has 3 rings (SSSR count). The number of carbonyl (C=O) groups is 3. The molecular formula is C21H24N4O7S. The molecule has 1 unspecified atom stereocenters. The summed E-state index contributed by atoms with van der Waals surface area (Å²) in [7, 11) is -2.93. The van der Waals surface area contributed by atoms with E-state index >= 15 is 0 Å². The quantitative estimate of drug-likeness (QED) is 0.295. The number of aliphatic hydroxyl groups is 1. The summed E-state index contributed by atoms with van der Waals surface area (Å²) in [5.74, 6) is -3.38. The number of amides is 4. The number of sulfone groups is 1. The van der Waals surface area contributed by atoms with Crippen molar-refractivity contribution in [1.29, 1.82) is 0 Å². The highest BCUT2D eigenvalue weighted by atomic mass is 32.2. The number of nitrogens with one attached hydrogen (secondary N) is 1. The second-order valence-corrected chi connectivity index (χ2v) is 10.3. The third-order valence-corrected chi connectivity index (χ3v) is 7.52. The van der Waals surface area contributed by atoms with Gasteiger partial charge in [0, 0.05) is 18.8 Å². The third-order valence-electron chi connectivity index (χ3n) is 5.67. The Hall–Kier alpha value is -3.35. The van der Waals surface area contributed by atoms with Gasteiger partial charge in [0.1, 0.15) is 5.54 Å². The molecule has 0 saturated carbocycles. The van der Waals surface area contributed by atoms with E-state index in [1.165, 1.54) is 50.6 Å². The number of rotatable bonds is 7. The molecule has 12 heteroatoms. The molecule has 1 fully saturated rings. The Morgan fingerprint density at radius 1 is 1.15 bits per heavy atom. The third kappa shape index (κ3) is 4.45. The van der Waals surface area contributed by atoms with Crippen LogP contribution in [0.4, 0.5) is 4.79 Å². The van der Waals surface area contributed by atoms with Gasteiger partial charge in [-0.3, -0.25) is 24.7 Å². The fourth-order valence-electron chi connectivity index (χ4n) is 3.43. The van der Waals surface area contributed by atoms with Crippen LogP contribution in [0.25, 0.3) is 11.3 Å². The number of aromatic nitrogens is 1. The van der Waals surface area contributed by atoms with Gasteiger partial charge < -0.3 is 10.0 Å². The van der Waals surface area contributed by atoms with Gasteiger partial charge >= 0.3 is 6.03 Å². The number of β-amino-alcohol motifs (C(OH)–C–C–N with tert-alkyl or cyclic N) is 1. The molecule has 1 aromatic heterocycles. The zero-order valence-corrected chi connectivity index (χ0v) is 19.0. The maximum Gasteiger partial charge on any atom is 0.327 e. The number of urea groups is 1. The number of nitrogens with zero attached hydrogens (tertiary/aromatic N) is 3. The molecule has 0 aliphatic carbocycles. The summed E-state index contributed by atoms with van der Waals surface area (Å²) in [5.41, 5.74) is -1.57. The Morgan fingerprint density at radius 3 is 2.27 bits per heavy atom. The van der Waals surface area contributed by atoms with Crippen molar-refractivity contribution < 1.29 is 33.1 Å². The fourth-order valence-corrected chi connectivity index (χ4v) is 5.00. The molecule has 0 radical (unpaired) electrons. The van der Waals surface area contributed by atoms with E-state index in [1.54, 1.807) is 24.4 Å². The van der Waals surface area contributed by atoms with Gasteiger partial charge in [0.2, 0.25) is 0 Å². The Bertz CT molecular complexity index is 1180. The molecule has 3 N–H and O–H groups in total. The first-order valence-corrected chi connectivity index (χ1v) is 11.5. The Morgan fingerprint density at radius 2 is 1.79 bits per heavy atom. The van der Waals surface area contributed by atoms with Crippen LogP contribution in [0.1, 0.15) is 13.8 Å². The van der Waals surface area contributed by atoms with Gasteiger partial charge in [0.05, 0.1) is 22.9 Å². The summed E-state index contributed by atoms with van der Waals surface area (Å²) in [6, 6.07) is 10.1. The van der Waals surface area contributed by atoms with Crippen LogP contribution in [-0.2, 0) is 19.4 Å². The van der Waals surface area contributed by atoms with Crippen LogP contribution in [0.5, 0.6) is 0 Å². The number of imide groups is 1. The van der Waals surface area contributed by atoms with E-state index in [0.29, 0.717) is 16.2 Å². The van der Waals surface area contributed by atoms with Gasteiger partial charge in [-0.1, -0.05) is 18.2 Å². The van der Waals surface area contributed by atoms with Crippen molar-refractivity contribution in [2.24, 2.45) is 0 Å². The summed E-state index contributed by atoms with van der Waals surface area (Å²) in [6.07, 6.45) is 1.59. The van der Waals surface area contributed by atoms with Crippen molar-refractivity contribution in [3.05, 3.63) is 48.7 Å². The van der Waals surface area contributed by atoms with E-state index in [2.05, 4.69) is 4.98 Å². The van der Waals surface area contributed by atoms with Crippen molar-refractivity contribution in [3.63, 3.8) is 0 Å². The topological polar surface area (TPSA) is 157 Å². The molecule has 0 bridgehead atoms. The Labute approximate surface area is 190 Å². The van der Waals surface area contributed by atoms with Gasteiger partial charge in [0.25, 0.3) is 11.8 Å². The zero-order chi connectivity index (χ0) is 24.6. The summed E-state index contributed by atoms with van der Waals surface area (Å²) >= 11 is 0. The van der Waals surface area contributed by atoms with Crippen LogP contribution in [0.3, 0.4) is 0 Å². The first-order chi connectivity index (χ1) is 15.3. The highest BCUT2D eigenvalue weighted by Crippen LogP contribution is 2.29. The van der Waals surface area contributed by atoms with E-state index < -0.39 is 51.1 Å². The normalized spacial score (nSPS) is 17.7. The second kappa shape index (κ2) is 8.54. The number of hydrogen-bond acceptors (Lipinski definition) is 8. The highest BCUT2D eigenvalue weighted by molar-refractivity contribution is 7.91. The predicted octanol–water partition coefficient (Wildman–Crippen LogP) is 0.431. The van der Waals surface area contributed by atoms with Gasteiger partial charge in [-0.2, -0.15) is 0 Å². The molecule has 2 heterocycles. The van der Waals surface area contributed by atoms with E-state index in [0.717, 1.165) is 4.90 Å². The molecule has 4 amide bonds. The van der Waals surface area contributed by atoms with E-state index in [-0.39, 0.29) is 4.90 Å². The van der Waals surface area contributed by atoms with E-state index in [1.807, 2.05) is 0 Å². The number of hydroxylamine groups is 1. The highest BCUT2D eigenvalue weighted by Gasteiger charge is 2.53. The van der Waals surface area contributed by atoms with Gasteiger partial charge in [-0.25, -0.2) is 18.7 Å². The molecule has 11 nitrogen and oxygen atoms in total. The minimum absolute atomic E-state index is 0.206. The summed E-state index contributed by atoms with van der Waals surface area (Å²) in [5, 5.41) is 20.0. The minimum atomic E-state index is -4.30. The largest absolute Gasteiger partial charge is 0.377 e. The number of carbonyl (C=O) groups excluding carboxylic acids is 3. The molecule has 1 aromatic carbocycles. The number of benzene rings is 1. The lowest BCUT2D eigenvalue weighted by molar-refractivity contribution is -0.149. The van der Waals surface area contributed by atoms with Crippen molar-refractivity contribution in [1.82, 2.24) is 20.3 Å². The van der Waals surface area contributed by atoms with Gasteiger partial charge in [0.15, 0.2) is 15.4 Å². The van der Waals surface area contributed by atoms with E-state index in [4.69, 9.17) is 5.21 Å². The first kappa shape index (κ1) is 24.3. The average Bonchev–Trinajstić information content (AvgIpc) is 2.93. The molecule has 1 saturated heterocycles. The van der Waals surface area contributed by atoms with E-state index in [9.17, 15) is 27.9 Å². The van der Waals surface area contributed by atoms with Gasteiger partial charge in [-0.15, -0.1) is 0 Å². The minimum Gasteiger partial charge on any atom is -0.377 e. The van der Waals surface area contributed by atoms with Crippen LogP contribution in [-0.4, -0.2) is 81.8 Å². The maximum atomic E-state index is 13.0. The average molecular weight is 477 g/mol. The number of likely N-dealkylation sites (N-methyl/N-ethyl adjacent to an activating group) is 1. The van der Waals surface area contributed by atoms with Crippen molar-refractivity contribution in [3.8, 4) is 11.3 Å². The van der Waals surface area contributed by atoms with Crippen LogP contribution in [0, 0.1) is 0 Å². The monoisotopic (exact) mass is 476 g/mol. The number of pyridine rings is 1. The summed E-state index contributed by atoms with van der Waals surface area (Å²) in [4.78, 5) is 43.1. The molecule has 33 heavy (non-hydrogen) atoms. The lowest BCUT2D eigenvalue weighted by atomic mass is 10.0. The van der Waals surface area contributed by atoms with Gasteiger partial charge in [-0.05, 0) is 38.1 Å². The Kier molecular flexibility index (Phi) is 6.29. The molecular weight excluding hydrogens is 452 g/mol. The van der Waals surface area contributed by atoms with Crippen molar-refractivity contribution in [2.75, 3.05) is 19.3 Å². The Balaban J connectivity index is 1.90. The number of hydrogen-bond donors (Lipinski definition) is 3. The predicted molar refractivity (Wildman–Crippen MR) is 116 cm³/mol. The standard InChI is InChI=1S/C21H24N4O7S/c1-20(2)18(27)25(19(28)24(20)3)12-21(29,17(26)23-30)13-33(31,32)15-9-7-14(8-10-15)16-6-4-5-11-22-16/h4-11,29-30H,12-13H2,1-3H3,(H,23,26). The zero-order valence-electron chi connectivity index (χ0n) is 18.2. The molecule has 0 spiro atoms. The summed E-state index contributed by atoms with van der Waals surface area (Å²) in [6.45, 7) is 1.98. The SMILES string of the molecule is CN1C(=O)N(CC(O)(CS(=O)(=O)c2ccc(-c3ccccn3)cc2)C(=O)NO)C(=O)C1(C)C. The lowest BCUT2D eigenvalue weighted by Gasteiger charge is -2.29. The molecule has 176 valence electrons. The smallest absolute Gasteiger partial charge is 0.327 e. The van der Waals surface area contributed by atoms with Crippen LogP contribution in [0.15, 0.2) is 53.6 Å². The van der Waals surface area contributed by atoms with Crippen molar-refractivity contribution >= 4 is 27.7 Å². The molecule has 1 atom stereocenters. The van der Waals surface area contributed by atoms with Crippen LogP contribution in [0.2, 0.25) is 0 Å². The molecule has 2 aromatic rings. The van der Waals surface area contributed by atoms with Crippen LogP contribution < -0.4 is 5.48 Å². The summed E-state index contributed by atoms with van der Waals surface area (Å²) < 4.78 is 26.0. The van der Waals surface area contributed by atoms with Crippen molar-refractivity contribution in [2.45, 2.75) is 29.9 Å². The first-order valence-electron chi connectivity index (χ1n) is 9.84. The maximum absolute atomic E-state index is 13.0. The fraction of sp³-hybridized carbons (Fsp3) is 0.333. The second-order valence-electron chi connectivity index (χ2n) is 8.26. The van der Waals surface area contributed by atoms with Crippen LogP contribution >= 0.6 is 0 Å². The molecule has 1 aliphatic rings. The lowest BCUT2D eigenvalue weighted by Crippen LogP contribution is -2.58.